The molecule has 6 rings (SSSR count). The molecule has 216 valence electrons. The molecule has 15 nitrogen and oxygen atoms in total. The molecule has 2 aliphatic heterocycles. The fourth-order valence-electron chi connectivity index (χ4n) is 5.51. The Morgan fingerprint density at radius 3 is 2.57 bits per heavy atom. The van der Waals surface area contributed by atoms with E-state index in [9.17, 15) is 9.59 Å². The van der Waals surface area contributed by atoms with Gasteiger partial charge in [-0.05, 0) is 49.5 Å². The van der Waals surface area contributed by atoms with Gasteiger partial charge in [-0.1, -0.05) is 17.3 Å². The summed E-state index contributed by atoms with van der Waals surface area (Å²) in [6.45, 7) is 11.7. The molecule has 2 aliphatic rings. The summed E-state index contributed by atoms with van der Waals surface area (Å²) in [5.41, 5.74) is 2.06. The molecule has 0 saturated carbocycles. The molecule has 0 radical (unpaired) electrons. The Bertz CT molecular complexity index is 1610. The number of aromatic amines is 2. The number of aromatic nitrogens is 8. The molecule has 42 heavy (non-hydrogen) atoms. The zero-order valence-electron chi connectivity index (χ0n) is 23.0. The van der Waals surface area contributed by atoms with E-state index in [1.807, 2.05) is 17.0 Å². The molecule has 0 unspecified atom stereocenters. The van der Waals surface area contributed by atoms with Gasteiger partial charge in [-0.2, -0.15) is 15.3 Å². The topological polar surface area (TPSA) is 169 Å². The number of carbonyl (C=O) groups excluding carboxylic acids is 1. The Hall–Kier alpha value is -4.97. The molecule has 0 atom stereocenters. The van der Waals surface area contributed by atoms with Crippen molar-refractivity contribution in [3.8, 4) is 0 Å². The van der Waals surface area contributed by atoms with Gasteiger partial charge < -0.3 is 20.0 Å². The lowest BCUT2D eigenvalue weighted by Crippen LogP contribution is -2.49. The quantitative estimate of drug-likeness (QED) is 0.259. The highest BCUT2D eigenvalue weighted by Crippen LogP contribution is 2.26. The largest absolute Gasteiger partial charge is 0.339 e. The maximum Gasteiger partial charge on any atom is 0.302 e. The van der Waals surface area contributed by atoms with E-state index in [1.165, 1.54) is 11.8 Å². The number of piperidine rings is 1. The SMILES string of the molecule is [C-]#[N+]CC(=O)N1CCN(c2nc(Nc3ccc(CN4CCC(Cc5nn[nH]n5)CC4)cc3)c3c(=O)[nH]ncc3n2)CC1. The van der Waals surface area contributed by atoms with Crippen molar-refractivity contribution in [1.82, 2.24) is 50.6 Å². The second-order valence-corrected chi connectivity index (χ2v) is 10.6. The van der Waals surface area contributed by atoms with Gasteiger partial charge in [0.2, 0.25) is 5.95 Å². The van der Waals surface area contributed by atoms with E-state index in [0.717, 1.165) is 50.4 Å². The number of benzene rings is 1. The zero-order valence-corrected chi connectivity index (χ0v) is 23.0. The molecular formula is C27H31N13O2. The molecule has 1 amide bonds. The maximum absolute atomic E-state index is 12.7. The molecule has 15 heteroatoms. The van der Waals surface area contributed by atoms with Crippen LogP contribution in [-0.2, 0) is 17.8 Å². The number of carbonyl (C=O) groups is 1. The standard InChI is InChI=1S/C27H31N13O2/c1-28-16-23(41)39-10-12-40(13-11-39)27-31-21-15-29-35-26(42)24(21)25(32-27)30-20-4-2-19(3-5-20)17-38-8-6-18(7-9-38)14-22-33-36-37-34-22/h2-5,15,18H,6-14,16-17H2,(H,35,42)(H,30,31,32)(H,33,34,36,37). The molecule has 0 spiro atoms. The van der Waals surface area contributed by atoms with Crippen molar-refractivity contribution in [2.45, 2.75) is 25.8 Å². The zero-order chi connectivity index (χ0) is 28.9. The van der Waals surface area contributed by atoms with E-state index < -0.39 is 0 Å². The van der Waals surface area contributed by atoms with Crippen LogP contribution in [0.1, 0.15) is 24.2 Å². The second-order valence-electron chi connectivity index (χ2n) is 10.6. The first-order valence-corrected chi connectivity index (χ1v) is 14.0. The normalized spacial score (nSPS) is 16.5. The molecule has 3 N–H and O–H groups in total. The van der Waals surface area contributed by atoms with Crippen LogP contribution in [-0.4, -0.2) is 102 Å². The third-order valence-corrected chi connectivity index (χ3v) is 7.83. The van der Waals surface area contributed by atoms with Crippen molar-refractivity contribution < 1.29 is 4.79 Å². The van der Waals surface area contributed by atoms with Crippen LogP contribution in [0.25, 0.3) is 15.7 Å². The summed E-state index contributed by atoms with van der Waals surface area (Å²) in [5.74, 6) is 2.03. The molecule has 5 heterocycles. The first-order chi connectivity index (χ1) is 20.6. The van der Waals surface area contributed by atoms with Crippen LogP contribution in [0.3, 0.4) is 0 Å². The predicted molar refractivity (Wildman–Crippen MR) is 154 cm³/mol. The predicted octanol–water partition coefficient (Wildman–Crippen LogP) is 0.992. The average Bonchev–Trinajstić information content (AvgIpc) is 3.52. The fourth-order valence-corrected chi connectivity index (χ4v) is 5.51. The Morgan fingerprint density at radius 2 is 1.86 bits per heavy atom. The van der Waals surface area contributed by atoms with Crippen LogP contribution in [0.5, 0.6) is 0 Å². The molecule has 2 fully saturated rings. The number of nitrogens with one attached hydrogen (secondary N) is 3. The van der Waals surface area contributed by atoms with Crippen LogP contribution in [0.2, 0.25) is 0 Å². The molecule has 0 aliphatic carbocycles. The minimum atomic E-state index is -0.379. The highest BCUT2D eigenvalue weighted by atomic mass is 16.2. The van der Waals surface area contributed by atoms with E-state index in [2.05, 4.69) is 63.0 Å². The molecule has 3 aromatic heterocycles. The van der Waals surface area contributed by atoms with Gasteiger partial charge >= 0.3 is 5.91 Å². The van der Waals surface area contributed by atoms with Crippen molar-refractivity contribution in [1.29, 1.82) is 0 Å². The van der Waals surface area contributed by atoms with Crippen LogP contribution < -0.4 is 15.8 Å². The maximum atomic E-state index is 12.7. The van der Waals surface area contributed by atoms with Crippen LogP contribution in [0.4, 0.5) is 17.5 Å². The highest BCUT2D eigenvalue weighted by molar-refractivity contribution is 5.90. The van der Waals surface area contributed by atoms with Crippen molar-refractivity contribution in [2.24, 2.45) is 5.92 Å². The highest BCUT2D eigenvalue weighted by Gasteiger charge is 2.25. The van der Waals surface area contributed by atoms with Crippen molar-refractivity contribution in [3.05, 3.63) is 63.6 Å². The summed E-state index contributed by atoms with van der Waals surface area (Å²) in [4.78, 5) is 43.4. The number of nitrogens with zero attached hydrogens (tertiary/aromatic N) is 10. The number of rotatable bonds is 8. The van der Waals surface area contributed by atoms with Crippen molar-refractivity contribution in [3.63, 3.8) is 0 Å². The van der Waals surface area contributed by atoms with Crippen molar-refractivity contribution in [2.75, 3.05) is 56.0 Å². The number of likely N-dealkylation sites (tertiary alicyclic amines) is 1. The molecule has 4 aromatic rings. The van der Waals surface area contributed by atoms with Crippen LogP contribution in [0, 0.1) is 12.5 Å². The molecule has 2 saturated heterocycles. The number of tetrazole rings is 1. The molecular weight excluding hydrogens is 538 g/mol. The van der Waals surface area contributed by atoms with Gasteiger partial charge in [0.05, 0.1) is 6.20 Å². The summed E-state index contributed by atoms with van der Waals surface area (Å²) in [6, 6.07) is 8.15. The monoisotopic (exact) mass is 569 g/mol. The van der Waals surface area contributed by atoms with E-state index >= 15 is 0 Å². The number of piperazine rings is 1. The minimum absolute atomic E-state index is 0.144. The number of anilines is 3. The number of H-pyrrole nitrogens is 2. The lowest BCUT2D eigenvalue weighted by atomic mass is 9.93. The van der Waals surface area contributed by atoms with Gasteiger partial charge in [0.25, 0.3) is 12.1 Å². The van der Waals surface area contributed by atoms with Gasteiger partial charge in [0.1, 0.15) is 16.7 Å². The number of fused-ring (bicyclic) bond motifs is 1. The van der Waals surface area contributed by atoms with Crippen LogP contribution >= 0.6 is 0 Å². The lowest BCUT2D eigenvalue weighted by molar-refractivity contribution is -0.129. The fraction of sp³-hybridized carbons (Fsp3) is 0.444. The van der Waals surface area contributed by atoms with Gasteiger partial charge in [0, 0.05) is 44.8 Å². The minimum Gasteiger partial charge on any atom is -0.339 e. The van der Waals surface area contributed by atoms with E-state index in [4.69, 9.17) is 11.6 Å². The van der Waals surface area contributed by atoms with Gasteiger partial charge in [-0.3, -0.25) is 14.5 Å². The molecule has 0 bridgehead atoms. The Kier molecular flexibility index (Phi) is 7.95. The summed E-state index contributed by atoms with van der Waals surface area (Å²) in [7, 11) is 0. The van der Waals surface area contributed by atoms with Gasteiger partial charge in [-0.25, -0.2) is 16.7 Å². The summed E-state index contributed by atoms with van der Waals surface area (Å²) in [5, 5.41) is 24.4. The Labute approximate surface area is 241 Å². The Balaban J connectivity index is 1.12. The van der Waals surface area contributed by atoms with Crippen molar-refractivity contribution >= 4 is 34.3 Å². The van der Waals surface area contributed by atoms with E-state index in [1.54, 1.807) is 4.90 Å². The number of hydrogen-bond acceptors (Lipinski definition) is 11. The van der Waals surface area contributed by atoms with E-state index in [-0.39, 0.29) is 18.0 Å². The summed E-state index contributed by atoms with van der Waals surface area (Å²) < 4.78 is 0. The van der Waals surface area contributed by atoms with E-state index in [0.29, 0.717) is 54.8 Å². The summed E-state index contributed by atoms with van der Waals surface area (Å²) in [6.07, 6.45) is 4.58. The van der Waals surface area contributed by atoms with Gasteiger partial charge in [-0.15, -0.1) is 10.2 Å². The third-order valence-electron chi connectivity index (χ3n) is 7.83. The van der Waals surface area contributed by atoms with Crippen LogP contribution in [0.15, 0.2) is 35.3 Å². The Morgan fingerprint density at radius 1 is 1.07 bits per heavy atom. The second kappa shape index (κ2) is 12.3. The summed E-state index contributed by atoms with van der Waals surface area (Å²) >= 11 is 0. The first-order valence-electron chi connectivity index (χ1n) is 14.0. The third kappa shape index (κ3) is 6.18. The van der Waals surface area contributed by atoms with Gasteiger partial charge in [0.15, 0.2) is 5.82 Å². The lowest BCUT2D eigenvalue weighted by Gasteiger charge is -2.34. The first kappa shape index (κ1) is 27.2. The smallest absolute Gasteiger partial charge is 0.302 e. The average molecular weight is 570 g/mol. The number of hydrogen-bond donors (Lipinski definition) is 3. The molecule has 1 aromatic carbocycles. The number of amides is 1.